The minimum Gasteiger partial charge on any atom is -0.497 e. The number of anilines is 3. The standard InChI is InChI=1S/C21H29N5O/c1-4-6-14-26(15-7-5-2)19-13-12-18-20(24-19)25-21(23-18)22-16-8-10-17(27-3)11-9-16/h8-13H,4-7,14-15H2,1-3H3,(H2,22,23,24,25). The molecule has 0 aliphatic carbocycles. The Balaban J connectivity index is 1.78. The number of aromatic nitrogens is 3. The molecule has 0 fully saturated rings. The van der Waals surface area contributed by atoms with E-state index >= 15 is 0 Å². The molecule has 2 N–H and O–H groups in total. The summed E-state index contributed by atoms with van der Waals surface area (Å²) in [7, 11) is 1.66. The zero-order chi connectivity index (χ0) is 19.1. The number of unbranched alkanes of at least 4 members (excludes halogenated alkanes) is 2. The lowest BCUT2D eigenvalue weighted by molar-refractivity contribution is 0.415. The third-order valence-electron chi connectivity index (χ3n) is 4.57. The fourth-order valence-corrected chi connectivity index (χ4v) is 2.97. The lowest BCUT2D eigenvalue weighted by Crippen LogP contribution is -2.26. The normalized spacial score (nSPS) is 10.9. The Kier molecular flexibility index (Phi) is 6.52. The molecule has 27 heavy (non-hydrogen) atoms. The SMILES string of the molecule is CCCCN(CCCC)c1ccc2[nH]c(Nc3ccc(OC)cc3)nc2n1. The Morgan fingerprint density at radius 3 is 2.30 bits per heavy atom. The van der Waals surface area contributed by atoms with Crippen molar-refractivity contribution in [1.82, 2.24) is 15.0 Å². The molecule has 1 aromatic carbocycles. The molecule has 3 aromatic rings. The molecular weight excluding hydrogens is 338 g/mol. The number of hydrogen-bond acceptors (Lipinski definition) is 5. The Morgan fingerprint density at radius 2 is 1.67 bits per heavy atom. The van der Waals surface area contributed by atoms with E-state index in [1.807, 2.05) is 24.3 Å². The summed E-state index contributed by atoms with van der Waals surface area (Å²) in [5, 5.41) is 3.29. The van der Waals surface area contributed by atoms with Crippen LogP contribution in [-0.2, 0) is 0 Å². The molecule has 0 atom stereocenters. The van der Waals surface area contributed by atoms with Crippen molar-refractivity contribution in [1.29, 1.82) is 0 Å². The Labute approximate surface area is 161 Å². The van der Waals surface area contributed by atoms with Crippen molar-refractivity contribution in [2.24, 2.45) is 0 Å². The van der Waals surface area contributed by atoms with Crippen LogP contribution >= 0.6 is 0 Å². The van der Waals surface area contributed by atoms with Crippen LogP contribution in [-0.4, -0.2) is 35.2 Å². The van der Waals surface area contributed by atoms with Gasteiger partial charge in [0.15, 0.2) is 5.65 Å². The van der Waals surface area contributed by atoms with Crippen molar-refractivity contribution in [2.75, 3.05) is 30.4 Å². The van der Waals surface area contributed by atoms with E-state index in [1.54, 1.807) is 7.11 Å². The number of pyridine rings is 1. The molecule has 6 heteroatoms. The molecule has 0 spiro atoms. The summed E-state index contributed by atoms with van der Waals surface area (Å²) in [6.07, 6.45) is 4.72. The van der Waals surface area contributed by atoms with Gasteiger partial charge in [-0.1, -0.05) is 26.7 Å². The van der Waals surface area contributed by atoms with Gasteiger partial charge in [0.25, 0.3) is 0 Å². The average molecular weight is 367 g/mol. The largest absolute Gasteiger partial charge is 0.497 e. The molecule has 0 saturated heterocycles. The van der Waals surface area contributed by atoms with Gasteiger partial charge in [0.2, 0.25) is 5.95 Å². The van der Waals surface area contributed by atoms with Gasteiger partial charge in [-0.15, -0.1) is 0 Å². The maximum absolute atomic E-state index is 5.19. The molecule has 144 valence electrons. The van der Waals surface area contributed by atoms with Gasteiger partial charge in [-0.05, 0) is 49.2 Å². The number of methoxy groups -OCH3 is 1. The minimum absolute atomic E-state index is 0.688. The van der Waals surface area contributed by atoms with Crippen LogP contribution in [0.15, 0.2) is 36.4 Å². The van der Waals surface area contributed by atoms with E-state index in [9.17, 15) is 0 Å². The summed E-state index contributed by atoms with van der Waals surface area (Å²) in [4.78, 5) is 15.1. The molecule has 0 amide bonds. The summed E-state index contributed by atoms with van der Waals surface area (Å²) in [6, 6.07) is 11.9. The average Bonchev–Trinajstić information content (AvgIpc) is 3.10. The highest BCUT2D eigenvalue weighted by atomic mass is 16.5. The maximum Gasteiger partial charge on any atom is 0.207 e. The second-order valence-corrected chi connectivity index (χ2v) is 6.67. The van der Waals surface area contributed by atoms with Crippen molar-refractivity contribution in [2.45, 2.75) is 39.5 Å². The number of aromatic amines is 1. The van der Waals surface area contributed by atoms with Crippen LogP contribution in [0.25, 0.3) is 11.2 Å². The van der Waals surface area contributed by atoms with E-state index in [-0.39, 0.29) is 0 Å². The monoisotopic (exact) mass is 367 g/mol. The molecule has 0 radical (unpaired) electrons. The lowest BCUT2D eigenvalue weighted by Gasteiger charge is -2.23. The molecule has 0 unspecified atom stereocenters. The second-order valence-electron chi connectivity index (χ2n) is 6.67. The number of imidazole rings is 1. The zero-order valence-electron chi connectivity index (χ0n) is 16.5. The molecule has 0 aliphatic rings. The fourth-order valence-electron chi connectivity index (χ4n) is 2.97. The van der Waals surface area contributed by atoms with Crippen LogP contribution in [0, 0.1) is 0 Å². The summed E-state index contributed by atoms with van der Waals surface area (Å²) >= 11 is 0. The summed E-state index contributed by atoms with van der Waals surface area (Å²) in [5.41, 5.74) is 2.62. The number of fused-ring (bicyclic) bond motifs is 1. The topological polar surface area (TPSA) is 66.1 Å². The molecule has 2 heterocycles. The summed E-state index contributed by atoms with van der Waals surface area (Å²) in [6.45, 7) is 6.52. The quantitative estimate of drug-likeness (QED) is 0.521. The smallest absolute Gasteiger partial charge is 0.207 e. The van der Waals surface area contributed by atoms with Gasteiger partial charge in [-0.25, -0.2) is 4.98 Å². The number of hydrogen-bond donors (Lipinski definition) is 2. The van der Waals surface area contributed by atoms with Gasteiger partial charge in [0.1, 0.15) is 11.6 Å². The number of H-pyrrole nitrogens is 1. The van der Waals surface area contributed by atoms with Crippen molar-refractivity contribution < 1.29 is 4.74 Å². The first-order valence-corrected chi connectivity index (χ1v) is 9.76. The van der Waals surface area contributed by atoms with Crippen LogP contribution in [0.5, 0.6) is 5.75 Å². The number of ether oxygens (including phenoxy) is 1. The third-order valence-corrected chi connectivity index (χ3v) is 4.57. The predicted molar refractivity (Wildman–Crippen MR) is 112 cm³/mol. The molecule has 0 aliphatic heterocycles. The summed E-state index contributed by atoms with van der Waals surface area (Å²) in [5.74, 6) is 2.52. The van der Waals surface area contributed by atoms with E-state index < -0.39 is 0 Å². The van der Waals surface area contributed by atoms with E-state index in [2.05, 4.69) is 46.2 Å². The van der Waals surface area contributed by atoms with E-state index in [0.29, 0.717) is 5.95 Å². The minimum atomic E-state index is 0.688. The van der Waals surface area contributed by atoms with Crippen molar-refractivity contribution in [3.63, 3.8) is 0 Å². The first-order valence-electron chi connectivity index (χ1n) is 9.76. The molecule has 0 bridgehead atoms. The van der Waals surface area contributed by atoms with Gasteiger partial charge in [0.05, 0.1) is 12.6 Å². The van der Waals surface area contributed by atoms with Crippen molar-refractivity contribution in [3.8, 4) is 5.75 Å². The number of rotatable bonds is 10. The molecule has 2 aromatic heterocycles. The number of benzene rings is 1. The van der Waals surface area contributed by atoms with Gasteiger partial charge in [0, 0.05) is 18.8 Å². The van der Waals surface area contributed by atoms with Crippen LogP contribution in [0.4, 0.5) is 17.5 Å². The first kappa shape index (κ1) is 19.0. The molecule has 3 rings (SSSR count). The number of nitrogens with one attached hydrogen (secondary N) is 2. The molecule has 6 nitrogen and oxygen atoms in total. The fraction of sp³-hybridized carbons (Fsp3) is 0.429. The highest BCUT2D eigenvalue weighted by Gasteiger charge is 2.11. The third kappa shape index (κ3) is 4.90. The predicted octanol–water partition coefficient (Wildman–Crippen LogP) is 5.12. The molecular formula is C21H29N5O. The van der Waals surface area contributed by atoms with E-state index in [1.165, 1.54) is 25.7 Å². The zero-order valence-corrected chi connectivity index (χ0v) is 16.5. The Hall–Kier alpha value is -2.76. The van der Waals surface area contributed by atoms with Crippen LogP contribution in [0.1, 0.15) is 39.5 Å². The van der Waals surface area contributed by atoms with Crippen LogP contribution in [0.2, 0.25) is 0 Å². The van der Waals surface area contributed by atoms with Crippen molar-refractivity contribution in [3.05, 3.63) is 36.4 Å². The van der Waals surface area contributed by atoms with Crippen LogP contribution < -0.4 is 15.0 Å². The highest BCUT2D eigenvalue weighted by molar-refractivity contribution is 5.76. The van der Waals surface area contributed by atoms with E-state index in [4.69, 9.17) is 9.72 Å². The van der Waals surface area contributed by atoms with E-state index in [0.717, 1.165) is 41.5 Å². The lowest BCUT2D eigenvalue weighted by atomic mass is 10.2. The maximum atomic E-state index is 5.19. The van der Waals surface area contributed by atoms with Gasteiger partial charge in [-0.2, -0.15) is 4.98 Å². The molecule has 0 saturated carbocycles. The summed E-state index contributed by atoms with van der Waals surface area (Å²) < 4.78 is 5.19. The second kappa shape index (κ2) is 9.26. The van der Waals surface area contributed by atoms with Crippen molar-refractivity contribution >= 4 is 28.6 Å². The first-order chi connectivity index (χ1) is 13.2. The Bertz CT molecular complexity index is 835. The van der Waals surface area contributed by atoms with Crippen LogP contribution in [0.3, 0.4) is 0 Å². The number of nitrogens with zero attached hydrogens (tertiary/aromatic N) is 3. The van der Waals surface area contributed by atoms with Gasteiger partial charge >= 0.3 is 0 Å². The van der Waals surface area contributed by atoms with Gasteiger partial charge < -0.3 is 19.9 Å². The highest BCUT2D eigenvalue weighted by Crippen LogP contribution is 2.22. The Morgan fingerprint density at radius 1 is 0.963 bits per heavy atom. The van der Waals surface area contributed by atoms with Gasteiger partial charge in [-0.3, -0.25) is 0 Å².